The Kier molecular flexibility index (Phi) is 6.45. The van der Waals surface area contributed by atoms with E-state index >= 15 is 0 Å². The van der Waals surface area contributed by atoms with Gasteiger partial charge in [-0.3, -0.25) is 0 Å². The summed E-state index contributed by atoms with van der Waals surface area (Å²) in [6.45, 7) is 4.14. The molecule has 1 heterocycles. The molecule has 0 aliphatic carbocycles. The Labute approximate surface area is 128 Å². The highest BCUT2D eigenvalue weighted by molar-refractivity contribution is 7.89. The van der Waals surface area contributed by atoms with Gasteiger partial charge in [0.1, 0.15) is 0 Å². The monoisotopic (exact) mass is 318 g/mol. The molecule has 4 nitrogen and oxygen atoms in total. The maximum atomic E-state index is 12.5. The van der Waals surface area contributed by atoms with Crippen LogP contribution >= 0.6 is 12.4 Å². The average molecular weight is 319 g/mol. The Hall–Kier alpha value is -0.620. The highest BCUT2D eigenvalue weighted by Gasteiger charge is 2.28. The van der Waals surface area contributed by atoms with E-state index in [0.29, 0.717) is 23.9 Å². The Morgan fingerprint density at radius 3 is 2.50 bits per heavy atom. The van der Waals surface area contributed by atoms with E-state index in [0.717, 1.165) is 24.9 Å². The molecule has 0 saturated carbocycles. The van der Waals surface area contributed by atoms with E-state index < -0.39 is 10.0 Å². The standard InChI is InChI=1S/C14H22N2O2S.ClH/c1-12-4-3-5-14(10-12)19(17,18)16-8-6-13(7-9-16)11-15-2;/h3-5,10,13,15H,6-9,11H2,1-2H3;1H. The van der Waals surface area contributed by atoms with Gasteiger partial charge in [-0.25, -0.2) is 8.42 Å². The van der Waals surface area contributed by atoms with Gasteiger partial charge < -0.3 is 5.32 Å². The van der Waals surface area contributed by atoms with Crippen molar-refractivity contribution in [3.8, 4) is 0 Å². The fourth-order valence-electron chi connectivity index (χ4n) is 2.57. The second kappa shape index (κ2) is 7.41. The highest BCUT2D eigenvalue weighted by atomic mass is 35.5. The third-order valence-corrected chi connectivity index (χ3v) is 5.59. The number of benzene rings is 1. The van der Waals surface area contributed by atoms with Gasteiger partial charge in [-0.15, -0.1) is 12.4 Å². The van der Waals surface area contributed by atoms with Crippen LogP contribution in [0.4, 0.5) is 0 Å². The van der Waals surface area contributed by atoms with Crippen molar-refractivity contribution in [2.24, 2.45) is 5.92 Å². The number of nitrogens with one attached hydrogen (secondary N) is 1. The second-order valence-electron chi connectivity index (χ2n) is 5.22. The quantitative estimate of drug-likeness (QED) is 0.924. The first kappa shape index (κ1) is 17.4. The molecule has 1 aliphatic rings. The third kappa shape index (κ3) is 3.95. The number of rotatable bonds is 4. The van der Waals surface area contributed by atoms with Gasteiger partial charge in [-0.2, -0.15) is 4.31 Å². The van der Waals surface area contributed by atoms with Crippen molar-refractivity contribution in [2.45, 2.75) is 24.7 Å². The number of piperidine rings is 1. The molecular formula is C14H23ClN2O2S. The summed E-state index contributed by atoms with van der Waals surface area (Å²) in [5, 5.41) is 3.16. The van der Waals surface area contributed by atoms with Crippen molar-refractivity contribution in [3.63, 3.8) is 0 Å². The Morgan fingerprint density at radius 2 is 1.95 bits per heavy atom. The lowest BCUT2D eigenvalue weighted by Crippen LogP contribution is -2.40. The maximum absolute atomic E-state index is 12.5. The molecule has 0 spiro atoms. The first-order valence-electron chi connectivity index (χ1n) is 6.75. The van der Waals surface area contributed by atoms with Crippen LogP contribution in [0.3, 0.4) is 0 Å². The lowest BCUT2D eigenvalue weighted by Gasteiger charge is -2.31. The summed E-state index contributed by atoms with van der Waals surface area (Å²) in [7, 11) is -1.37. The minimum absolute atomic E-state index is 0. The predicted molar refractivity (Wildman–Crippen MR) is 83.8 cm³/mol. The van der Waals surface area contributed by atoms with Crippen LogP contribution in [0.2, 0.25) is 0 Å². The molecule has 0 unspecified atom stereocenters. The van der Waals surface area contributed by atoms with E-state index in [9.17, 15) is 8.42 Å². The minimum Gasteiger partial charge on any atom is -0.319 e. The molecule has 0 amide bonds. The van der Waals surface area contributed by atoms with E-state index in [1.54, 1.807) is 22.5 Å². The van der Waals surface area contributed by atoms with E-state index in [4.69, 9.17) is 0 Å². The molecule has 0 aromatic heterocycles. The van der Waals surface area contributed by atoms with Gasteiger partial charge in [0, 0.05) is 13.1 Å². The Balaban J connectivity index is 0.00000200. The summed E-state index contributed by atoms with van der Waals surface area (Å²) in [5.74, 6) is 0.592. The smallest absolute Gasteiger partial charge is 0.243 e. The Bertz CT molecular complexity index is 526. The molecule has 1 aromatic rings. The number of halogens is 1. The summed E-state index contributed by atoms with van der Waals surface area (Å²) in [5.41, 5.74) is 0.978. The van der Waals surface area contributed by atoms with Crippen LogP contribution in [-0.2, 0) is 10.0 Å². The zero-order valence-corrected chi connectivity index (χ0v) is 13.6. The molecule has 0 bridgehead atoms. The second-order valence-corrected chi connectivity index (χ2v) is 7.16. The van der Waals surface area contributed by atoms with Gasteiger partial charge >= 0.3 is 0 Å². The van der Waals surface area contributed by atoms with Gasteiger partial charge in [-0.05, 0) is 57.0 Å². The molecule has 0 atom stereocenters. The SMILES string of the molecule is CNCC1CCN(S(=O)(=O)c2cccc(C)c2)CC1.Cl. The highest BCUT2D eigenvalue weighted by Crippen LogP contribution is 2.23. The molecule has 114 valence electrons. The number of nitrogens with zero attached hydrogens (tertiary/aromatic N) is 1. The molecule has 1 N–H and O–H groups in total. The van der Waals surface area contributed by atoms with Crippen molar-refractivity contribution in [2.75, 3.05) is 26.7 Å². The van der Waals surface area contributed by atoms with Crippen LogP contribution in [0, 0.1) is 12.8 Å². The minimum atomic E-state index is -3.31. The molecular weight excluding hydrogens is 296 g/mol. The summed E-state index contributed by atoms with van der Waals surface area (Å²) >= 11 is 0. The largest absolute Gasteiger partial charge is 0.319 e. The van der Waals surface area contributed by atoms with E-state index in [2.05, 4.69) is 5.32 Å². The first-order valence-corrected chi connectivity index (χ1v) is 8.19. The predicted octanol–water partition coefficient (Wildman–Crippen LogP) is 2.04. The summed E-state index contributed by atoms with van der Waals surface area (Å²) in [4.78, 5) is 0.416. The van der Waals surface area contributed by atoms with Gasteiger partial charge in [0.25, 0.3) is 0 Å². The molecule has 1 aliphatic heterocycles. The molecule has 2 rings (SSSR count). The van der Waals surface area contributed by atoms with Gasteiger partial charge in [-0.1, -0.05) is 12.1 Å². The van der Waals surface area contributed by atoms with Crippen LogP contribution in [-0.4, -0.2) is 39.4 Å². The number of hydrogen-bond donors (Lipinski definition) is 1. The fourth-order valence-corrected chi connectivity index (χ4v) is 4.14. The lowest BCUT2D eigenvalue weighted by atomic mass is 9.98. The van der Waals surface area contributed by atoms with Crippen molar-refractivity contribution in [1.82, 2.24) is 9.62 Å². The summed E-state index contributed by atoms with van der Waals surface area (Å²) in [6, 6.07) is 7.14. The Morgan fingerprint density at radius 1 is 1.30 bits per heavy atom. The molecule has 6 heteroatoms. The maximum Gasteiger partial charge on any atom is 0.243 e. The topological polar surface area (TPSA) is 49.4 Å². The summed E-state index contributed by atoms with van der Waals surface area (Å²) in [6.07, 6.45) is 1.87. The molecule has 1 fully saturated rings. The van der Waals surface area contributed by atoms with Crippen molar-refractivity contribution >= 4 is 22.4 Å². The number of aryl methyl sites for hydroxylation is 1. The van der Waals surface area contributed by atoms with Crippen molar-refractivity contribution < 1.29 is 8.42 Å². The number of sulfonamides is 1. The zero-order chi connectivity index (χ0) is 13.9. The van der Waals surface area contributed by atoms with Gasteiger partial charge in [0.05, 0.1) is 4.90 Å². The van der Waals surface area contributed by atoms with Gasteiger partial charge in [0.2, 0.25) is 10.0 Å². The lowest BCUT2D eigenvalue weighted by molar-refractivity contribution is 0.270. The molecule has 1 saturated heterocycles. The molecule has 1 aromatic carbocycles. The average Bonchev–Trinajstić information content (AvgIpc) is 2.40. The van der Waals surface area contributed by atoms with Crippen molar-refractivity contribution in [1.29, 1.82) is 0 Å². The van der Waals surface area contributed by atoms with Crippen LogP contribution in [0.25, 0.3) is 0 Å². The first-order chi connectivity index (χ1) is 9.04. The number of hydrogen-bond acceptors (Lipinski definition) is 3. The van der Waals surface area contributed by atoms with Crippen molar-refractivity contribution in [3.05, 3.63) is 29.8 Å². The molecule has 0 radical (unpaired) electrons. The van der Waals surface area contributed by atoms with E-state index in [-0.39, 0.29) is 12.4 Å². The third-order valence-electron chi connectivity index (χ3n) is 3.69. The van der Waals surface area contributed by atoms with E-state index in [1.807, 2.05) is 20.0 Å². The molecule has 20 heavy (non-hydrogen) atoms. The zero-order valence-electron chi connectivity index (χ0n) is 12.0. The normalized spacial score (nSPS) is 17.7. The van der Waals surface area contributed by atoms with Crippen LogP contribution in [0.15, 0.2) is 29.2 Å². The van der Waals surface area contributed by atoms with Crippen LogP contribution in [0.1, 0.15) is 18.4 Å². The van der Waals surface area contributed by atoms with Crippen LogP contribution < -0.4 is 5.32 Å². The summed E-state index contributed by atoms with van der Waals surface area (Å²) < 4.78 is 26.6. The fraction of sp³-hybridized carbons (Fsp3) is 0.571. The van der Waals surface area contributed by atoms with Crippen LogP contribution in [0.5, 0.6) is 0 Å². The van der Waals surface area contributed by atoms with Gasteiger partial charge in [0.15, 0.2) is 0 Å². The van der Waals surface area contributed by atoms with E-state index in [1.165, 1.54) is 0 Å².